The van der Waals surface area contributed by atoms with Crippen molar-refractivity contribution in [3.05, 3.63) is 102 Å². The van der Waals surface area contributed by atoms with Gasteiger partial charge in [0.25, 0.3) is 17.3 Å². The van der Waals surface area contributed by atoms with Crippen LogP contribution in [0.1, 0.15) is 26.3 Å². The molecule has 3 rings (SSSR count). The van der Waals surface area contributed by atoms with Gasteiger partial charge in [0.05, 0.1) is 34.8 Å². The summed E-state index contributed by atoms with van der Waals surface area (Å²) in [5.41, 5.74) is 1.28. The van der Waals surface area contributed by atoms with E-state index >= 15 is 0 Å². The molecule has 0 atom stereocenters. The molecule has 1 N–H and O–H groups in total. The molecule has 0 bridgehead atoms. The van der Waals surface area contributed by atoms with Crippen LogP contribution < -0.4 is 14.9 Å². The minimum absolute atomic E-state index is 0.00481. The number of carbonyl (C=O) groups excluding carboxylic acids is 2. The van der Waals surface area contributed by atoms with Crippen molar-refractivity contribution in [2.45, 2.75) is 0 Å². The van der Waals surface area contributed by atoms with Crippen molar-refractivity contribution in [1.29, 1.82) is 0 Å². The average molecular weight is 543 g/mol. The Morgan fingerprint density at radius 2 is 1.57 bits per heavy atom. The molecule has 0 saturated heterocycles. The number of ether oxygens (including phenoxy) is 2. The third kappa shape index (κ3) is 6.45. The first-order valence-electron chi connectivity index (χ1n) is 9.61. The quantitative estimate of drug-likeness (QED) is 0.145. The summed E-state index contributed by atoms with van der Waals surface area (Å²) >= 11 is 3.28. The number of halogens is 1. The third-order valence-electron chi connectivity index (χ3n) is 4.46. The lowest BCUT2D eigenvalue weighted by Gasteiger charge is -2.08. The van der Waals surface area contributed by atoms with Crippen molar-refractivity contribution in [3.8, 4) is 11.5 Å². The van der Waals surface area contributed by atoms with Crippen LogP contribution in [0.4, 0.5) is 11.4 Å². The molecule has 3 aromatic carbocycles. The van der Waals surface area contributed by atoms with E-state index in [4.69, 9.17) is 9.47 Å². The molecule has 0 saturated carbocycles. The monoisotopic (exact) mass is 542 g/mol. The number of esters is 1. The summed E-state index contributed by atoms with van der Waals surface area (Å²) in [4.78, 5) is 45.3. The maximum Gasteiger partial charge on any atom is 0.344 e. The second kappa shape index (κ2) is 11.0. The number of hydrogen-bond acceptors (Lipinski definition) is 9. The number of nitrogens with zero attached hydrogens (tertiary/aromatic N) is 3. The van der Waals surface area contributed by atoms with Crippen LogP contribution in [0.25, 0.3) is 0 Å². The van der Waals surface area contributed by atoms with E-state index in [9.17, 15) is 29.8 Å². The van der Waals surface area contributed by atoms with Crippen molar-refractivity contribution < 1.29 is 28.9 Å². The highest BCUT2D eigenvalue weighted by Gasteiger charge is 2.21. The van der Waals surface area contributed by atoms with Gasteiger partial charge < -0.3 is 9.47 Å². The van der Waals surface area contributed by atoms with E-state index in [1.54, 1.807) is 36.4 Å². The van der Waals surface area contributed by atoms with Gasteiger partial charge in [-0.2, -0.15) is 5.10 Å². The van der Waals surface area contributed by atoms with E-state index in [2.05, 4.69) is 26.5 Å². The van der Waals surface area contributed by atoms with Crippen LogP contribution in [0.3, 0.4) is 0 Å². The highest BCUT2D eigenvalue weighted by atomic mass is 79.9. The molecule has 0 heterocycles. The SMILES string of the molecule is COc1ccc(C(=O)N/N=C\c2cc(Br)ccc2OC(=O)c2cc([N+](=O)[O-])cc([N+](=O)[O-])c2)cc1. The predicted molar refractivity (Wildman–Crippen MR) is 127 cm³/mol. The minimum atomic E-state index is -1.06. The lowest BCUT2D eigenvalue weighted by atomic mass is 10.1. The molecule has 0 aliphatic heterocycles. The molecule has 0 aromatic heterocycles. The van der Waals surface area contributed by atoms with Crippen LogP contribution in [-0.4, -0.2) is 35.0 Å². The Labute approximate surface area is 205 Å². The molecule has 0 unspecified atom stereocenters. The maximum atomic E-state index is 12.6. The fourth-order valence-corrected chi connectivity index (χ4v) is 3.14. The Morgan fingerprint density at radius 3 is 2.14 bits per heavy atom. The minimum Gasteiger partial charge on any atom is -0.497 e. The van der Waals surface area contributed by atoms with Crippen LogP contribution in [-0.2, 0) is 0 Å². The Hall–Kier alpha value is -4.65. The molecule has 13 heteroatoms. The summed E-state index contributed by atoms with van der Waals surface area (Å²) < 4.78 is 10.9. The van der Waals surface area contributed by atoms with E-state index in [0.29, 0.717) is 15.8 Å². The van der Waals surface area contributed by atoms with Crippen molar-refractivity contribution in [2.24, 2.45) is 5.10 Å². The zero-order valence-electron chi connectivity index (χ0n) is 17.8. The van der Waals surface area contributed by atoms with Crippen LogP contribution in [0.5, 0.6) is 11.5 Å². The summed E-state index contributed by atoms with van der Waals surface area (Å²) in [6, 6.07) is 13.3. The molecule has 0 aliphatic carbocycles. The number of nitro benzene ring substituents is 2. The molecule has 3 aromatic rings. The van der Waals surface area contributed by atoms with E-state index in [-0.39, 0.29) is 16.9 Å². The van der Waals surface area contributed by atoms with Gasteiger partial charge in [-0.05, 0) is 42.5 Å². The van der Waals surface area contributed by atoms with Crippen molar-refractivity contribution in [1.82, 2.24) is 5.43 Å². The topological polar surface area (TPSA) is 163 Å². The van der Waals surface area contributed by atoms with Crippen molar-refractivity contribution >= 4 is 45.4 Å². The smallest absolute Gasteiger partial charge is 0.344 e. The van der Waals surface area contributed by atoms with Gasteiger partial charge in [-0.3, -0.25) is 25.0 Å². The van der Waals surface area contributed by atoms with Gasteiger partial charge in [0.1, 0.15) is 11.5 Å². The van der Waals surface area contributed by atoms with E-state index < -0.39 is 33.1 Å². The fourth-order valence-electron chi connectivity index (χ4n) is 2.76. The first kappa shape index (κ1) is 25.0. The number of amides is 1. The first-order valence-corrected chi connectivity index (χ1v) is 10.4. The van der Waals surface area contributed by atoms with Crippen LogP contribution >= 0.6 is 15.9 Å². The van der Waals surface area contributed by atoms with Gasteiger partial charge in [-0.1, -0.05) is 15.9 Å². The number of methoxy groups -OCH3 is 1. The van der Waals surface area contributed by atoms with Gasteiger partial charge in [-0.15, -0.1) is 0 Å². The molecule has 0 fully saturated rings. The fraction of sp³-hybridized carbons (Fsp3) is 0.0455. The summed E-state index contributed by atoms with van der Waals surface area (Å²) in [6.45, 7) is 0. The number of hydrazone groups is 1. The lowest BCUT2D eigenvalue weighted by molar-refractivity contribution is -0.394. The van der Waals surface area contributed by atoms with Gasteiger partial charge in [-0.25, -0.2) is 10.2 Å². The third-order valence-corrected chi connectivity index (χ3v) is 4.95. The molecule has 0 aliphatic rings. The zero-order chi connectivity index (χ0) is 25.5. The lowest BCUT2D eigenvalue weighted by Crippen LogP contribution is -2.17. The molecular formula is C22H15BrN4O8. The van der Waals surface area contributed by atoms with Gasteiger partial charge >= 0.3 is 5.97 Å². The number of rotatable bonds is 8. The molecule has 0 radical (unpaired) electrons. The largest absolute Gasteiger partial charge is 0.497 e. The number of hydrogen-bond donors (Lipinski definition) is 1. The van der Waals surface area contributed by atoms with E-state index in [1.807, 2.05) is 0 Å². The van der Waals surface area contributed by atoms with Crippen LogP contribution in [0.15, 0.2) is 70.2 Å². The Balaban J connectivity index is 1.80. The second-order valence-electron chi connectivity index (χ2n) is 6.75. The first-order chi connectivity index (χ1) is 16.7. The second-order valence-corrected chi connectivity index (χ2v) is 7.67. The summed E-state index contributed by atoms with van der Waals surface area (Å²) in [6.07, 6.45) is 1.23. The van der Waals surface area contributed by atoms with Gasteiger partial charge in [0.15, 0.2) is 0 Å². The molecular weight excluding hydrogens is 528 g/mol. The van der Waals surface area contributed by atoms with E-state index in [0.717, 1.165) is 18.2 Å². The van der Waals surface area contributed by atoms with Crippen molar-refractivity contribution in [3.63, 3.8) is 0 Å². The predicted octanol–water partition coefficient (Wildman–Crippen LogP) is 4.26. The number of nitro groups is 2. The molecule has 178 valence electrons. The summed E-state index contributed by atoms with van der Waals surface area (Å²) in [5.74, 6) is -0.980. The highest BCUT2D eigenvalue weighted by molar-refractivity contribution is 9.10. The highest BCUT2D eigenvalue weighted by Crippen LogP contribution is 2.26. The summed E-state index contributed by atoms with van der Waals surface area (Å²) in [7, 11) is 1.50. The standard InChI is InChI=1S/C22H15BrN4O8/c1-34-19-5-2-13(3-6-19)21(28)25-24-12-15-8-16(23)4-7-20(15)35-22(29)14-9-17(26(30)31)11-18(10-14)27(32)33/h2-12H,1H3,(H,25,28)/b24-12-. The van der Waals surface area contributed by atoms with Gasteiger partial charge in [0, 0.05) is 27.7 Å². The average Bonchev–Trinajstić information content (AvgIpc) is 2.85. The summed E-state index contributed by atoms with van der Waals surface area (Å²) in [5, 5.41) is 26.0. The Morgan fingerprint density at radius 1 is 0.943 bits per heavy atom. The molecule has 1 amide bonds. The molecule has 0 spiro atoms. The zero-order valence-corrected chi connectivity index (χ0v) is 19.4. The number of carbonyl (C=O) groups is 2. The normalized spacial score (nSPS) is 10.6. The Bertz CT molecular complexity index is 1310. The number of non-ortho nitro benzene ring substituents is 2. The van der Waals surface area contributed by atoms with Crippen LogP contribution in [0, 0.1) is 20.2 Å². The molecule has 12 nitrogen and oxygen atoms in total. The maximum absolute atomic E-state index is 12.6. The van der Waals surface area contributed by atoms with Gasteiger partial charge in [0.2, 0.25) is 0 Å². The van der Waals surface area contributed by atoms with Crippen molar-refractivity contribution in [2.75, 3.05) is 7.11 Å². The number of benzene rings is 3. The number of nitrogens with one attached hydrogen (secondary N) is 1. The Kier molecular flexibility index (Phi) is 7.84. The van der Waals surface area contributed by atoms with E-state index in [1.165, 1.54) is 19.4 Å². The van der Waals surface area contributed by atoms with Crippen LogP contribution in [0.2, 0.25) is 0 Å². The molecule has 35 heavy (non-hydrogen) atoms.